The van der Waals surface area contributed by atoms with Crippen LogP contribution in [0.15, 0.2) is 12.1 Å². The lowest BCUT2D eigenvalue weighted by Gasteiger charge is -2.15. The van der Waals surface area contributed by atoms with Gasteiger partial charge in [0.05, 0.1) is 11.1 Å². The lowest BCUT2D eigenvalue weighted by molar-refractivity contribution is -0.143. The van der Waals surface area contributed by atoms with Gasteiger partial charge in [0, 0.05) is 12.1 Å². The van der Waals surface area contributed by atoms with Crippen molar-refractivity contribution in [1.82, 2.24) is 0 Å². The first kappa shape index (κ1) is 13.8. The molecule has 8 heteroatoms. The maximum Gasteiger partial charge on any atom is 0.416 e. The molecule has 0 aliphatic rings. The topological polar surface area (TPSA) is 26.0 Å². The van der Waals surface area contributed by atoms with Gasteiger partial charge in [-0.2, -0.15) is 26.3 Å². The van der Waals surface area contributed by atoms with Crippen molar-refractivity contribution in [3.63, 3.8) is 0 Å². The van der Waals surface area contributed by atoms with Crippen molar-refractivity contribution in [3.05, 3.63) is 34.6 Å². The highest BCUT2D eigenvalue weighted by atomic mass is 19.4. The average Bonchev–Trinajstić information content (AvgIpc) is 2.13. The summed E-state index contributed by atoms with van der Waals surface area (Å²) in [4.78, 5) is 0. The maximum absolute atomic E-state index is 13.1. The quantitative estimate of drug-likeness (QED) is 0.771. The summed E-state index contributed by atoms with van der Waals surface area (Å²) in [5.41, 5.74) is 0.509. The molecule has 1 rings (SSSR count). The third-order valence-corrected chi connectivity index (χ3v) is 2.03. The second-order valence-corrected chi connectivity index (χ2v) is 3.18. The predicted molar refractivity (Wildman–Crippen MR) is 44.3 cm³/mol. The number of benzene rings is 1. The number of hydrogen-bond donors (Lipinski definition) is 1. The molecule has 0 heterocycles. The Balaban J connectivity index is 3.51. The van der Waals surface area contributed by atoms with E-state index in [1.807, 2.05) is 0 Å². The summed E-state index contributed by atoms with van der Waals surface area (Å²) < 4.78 is 86.9. The van der Waals surface area contributed by atoms with Crippen molar-refractivity contribution in [1.29, 1.82) is 0 Å². The summed E-state index contributed by atoms with van der Waals surface area (Å²) in [5.74, 6) is -1.62. The molecule has 0 fully saturated rings. The van der Waals surface area contributed by atoms with Gasteiger partial charge in [0.25, 0.3) is 0 Å². The van der Waals surface area contributed by atoms with Crippen LogP contribution in [0.25, 0.3) is 0 Å². The number of rotatable bonds is 1. The van der Waals surface area contributed by atoms with E-state index in [9.17, 15) is 30.7 Å². The van der Waals surface area contributed by atoms with Crippen LogP contribution < -0.4 is 5.73 Å². The number of hydrogen-bond acceptors (Lipinski definition) is 1. The minimum atomic E-state index is -5.09. The minimum absolute atomic E-state index is 0.00255. The first-order valence-corrected chi connectivity index (χ1v) is 4.24. The van der Waals surface area contributed by atoms with Gasteiger partial charge in [0.1, 0.15) is 5.82 Å². The van der Waals surface area contributed by atoms with Crippen LogP contribution in [0.5, 0.6) is 0 Å². The monoisotopic (exact) mass is 261 g/mol. The van der Waals surface area contributed by atoms with Gasteiger partial charge in [-0.15, -0.1) is 0 Å². The SMILES string of the molecule is NCc1c(F)cc(C(F)(F)F)cc1C(F)(F)F. The molecule has 0 aliphatic heterocycles. The summed E-state index contributed by atoms with van der Waals surface area (Å²) in [7, 11) is 0. The summed E-state index contributed by atoms with van der Waals surface area (Å²) >= 11 is 0. The van der Waals surface area contributed by atoms with Gasteiger partial charge in [0.15, 0.2) is 0 Å². The highest BCUT2D eigenvalue weighted by Gasteiger charge is 2.39. The fourth-order valence-corrected chi connectivity index (χ4v) is 1.26. The fraction of sp³-hybridized carbons (Fsp3) is 0.333. The van der Waals surface area contributed by atoms with Crippen molar-refractivity contribution in [2.24, 2.45) is 5.73 Å². The molecule has 1 aromatic rings. The normalized spacial score (nSPS) is 12.9. The van der Waals surface area contributed by atoms with Crippen molar-refractivity contribution < 1.29 is 30.7 Å². The molecule has 96 valence electrons. The lowest BCUT2D eigenvalue weighted by Crippen LogP contribution is -2.17. The maximum atomic E-state index is 13.1. The molecule has 0 aromatic heterocycles. The summed E-state index contributed by atoms with van der Waals surface area (Å²) in [5, 5.41) is 0. The van der Waals surface area contributed by atoms with E-state index in [1.54, 1.807) is 0 Å². The van der Waals surface area contributed by atoms with Crippen LogP contribution in [0.2, 0.25) is 0 Å². The van der Waals surface area contributed by atoms with Crippen LogP contribution in [-0.4, -0.2) is 0 Å². The van der Waals surface area contributed by atoms with E-state index < -0.39 is 41.4 Å². The highest BCUT2D eigenvalue weighted by Crippen LogP contribution is 2.38. The Hall–Kier alpha value is -1.31. The smallest absolute Gasteiger partial charge is 0.326 e. The Morgan fingerprint density at radius 2 is 1.47 bits per heavy atom. The number of nitrogens with two attached hydrogens (primary N) is 1. The molecule has 0 amide bonds. The van der Waals surface area contributed by atoms with Crippen molar-refractivity contribution >= 4 is 0 Å². The average molecular weight is 261 g/mol. The molecule has 2 N–H and O–H groups in total. The molecule has 17 heavy (non-hydrogen) atoms. The molecule has 0 saturated carbocycles. The molecule has 0 radical (unpaired) electrons. The largest absolute Gasteiger partial charge is 0.416 e. The molecule has 1 nitrogen and oxygen atoms in total. The van der Waals surface area contributed by atoms with Gasteiger partial charge in [-0.25, -0.2) is 4.39 Å². The van der Waals surface area contributed by atoms with E-state index in [0.29, 0.717) is 0 Å². The molecule has 0 atom stereocenters. The summed E-state index contributed by atoms with van der Waals surface area (Å²) in [6, 6.07) is -0.150. The molecule has 0 spiro atoms. The van der Waals surface area contributed by atoms with Gasteiger partial charge >= 0.3 is 12.4 Å². The zero-order valence-corrected chi connectivity index (χ0v) is 8.08. The van der Waals surface area contributed by atoms with Crippen LogP contribution in [0.3, 0.4) is 0 Å². The Morgan fingerprint density at radius 3 is 1.82 bits per heavy atom. The van der Waals surface area contributed by atoms with Crippen LogP contribution in [-0.2, 0) is 18.9 Å². The van der Waals surface area contributed by atoms with E-state index in [1.165, 1.54) is 0 Å². The molecule has 0 unspecified atom stereocenters. The van der Waals surface area contributed by atoms with Gasteiger partial charge in [-0.3, -0.25) is 0 Å². The van der Waals surface area contributed by atoms with Crippen molar-refractivity contribution in [2.75, 3.05) is 0 Å². The Labute approximate surface area is 91.0 Å². The first-order chi connectivity index (χ1) is 7.57. The third-order valence-electron chi connectivity index (χ3n) is 2.03. The predicted octanol–water partition coefficient (Wildman–Crippen LogP) is 3.32. The van der Waals surface area contributed by atoms with Gasteiger partial charge in [-0.05, 0) is 12.1 Å². The van der Waals surface area contributed by atoms with Crippen LogP contribution in [0.4, 0.5) is 30.7 Å². The fourth-order valence-electron chi connectivity index (χ4n) is 1.26. The van der Waals surface area contributed by atoms with E-state index in [2.05, 4.69) is 0 Å². The standard InChI is InChI=1S/C9H6F7N/c10-7-2-4(8(11,12)13)1-6(5(7)3-17)9(14,15)16/h1-2H,3,17H2. The van der Waals surface area contributed by atoms with Crippen molar-refractivity contribution in [3.8, 4) is 0 Å². The van der Waals surface area contributed by atoms with Crippen molar-refractivity contribution in [2.45, 2.75) is 18.9 Å². The van der Waals surface area contributed by atoms with Gasteiger partial charge < -0.3 is 5.73 Å². The number of halogens is 7. The van der Waals surface area contributed by atoms with Gasteiger partial charge in [0.2, 0.25) is 0 Å². The molecule has 0 bridgehead atoms. The third kappa shape index (κ3) is 2.87. The first-order valence-electron chi connectivity index (χ1n) is 4.24. The lowest BCUT2D eigenvalue weighted by atomic mass is 10.0. The Morgan fingerprint density at radius 1 is 0.941 bits per heavy atom. The van der Waals surface area contributed by atoms with Gasteiger partial charge in [-0.1, -0.05) is 0 Å². The number of alkyl halides is 6. The highest BCUT2D eigenvalue weighted by molar-refractivity contribution is 5.36. The molecule has 0 aliphatic carbocycles. The zero-order valence-electron chi connectivity index (χ0n) is 8.08. The summed E-state index contributed by atoms with van der Waals surface area (Å²) in [6.07, 6.45) is -10.1. The Bertz CT molecular complexity index is 419. The molecule has 1 aromatic carbocycles. The van der Waals surface area contributed by atoms with Crippen LogP contribution in [0.1, 0.15) is 16.7 Å². The zero-order chi connectivity index (χ0) is 13.4. The molecular weight excluding hydrogens is 255 g/mol. The Kier molecular flexibility index (Phi) is 3.37. The van der Waals surface area contributed by atoms with E-state index in [4.69, 9.17) is 5.73 Å². The van der Waals surface area contributed by atoms with E-state index in [0.717, 1.165) is 0 Å². The minimum Gasteiger partial charge on any atom is -0.326 e. The van der Waals surface area contributed by atoms with Crippen LogP contribution >= 0.6 is 0 Å². The second-order valence-electron chi connectivity index (χ2n) is 3.18. The molecular formula is C9H6F7N. The second kappa shape index (κ2) is 4.17. The van der Waals surface area contributed by atoms with E-state index in [-0.39, 0.29) is 12.1 Å². The molecule has 0 saturated heterocycles. The van der Waals surface area contributed by atoms with Crippen LogP contribution in [0, 0.1) is 5.82 Å². The summed E-state index contributed by atoms with van der Waals surface area (Å²) in [6.45, 7) is -0.835. The van der Waals surface area contributed by atoms with E-state index >= 15 is 0 Å².